The summed E-state index contributed by atoms with van der Waals surface area (Å²) >= 11 is 0. The minimum atomic E-state index is -0.814. The van der Waals surface area contributed by atoms with Crippen LogP contribution in [0.5, 0.6) is 0 Å². The fourth-order valence-corrected chi connectivity index (χ4v) is 2.59. The van der Waals surface area contributed by atoms with Gasteiger partial charge < -0.3 is 4.74 Å². The number of ketones is 1. The Balaban J connectivity index is 2.33. The van der Waals surface area contributed by atoms with Crippen LogP contribution in [0.4, 0.5) is 0 Å². The Morgan fingerprint density at radius 2 is 1.87 bits per heavy atom. The lowest BCUT2D eigenvalue weighted by atomic mass is 9.81. The number of Topliss-reactive ketones (excluding diaryl/α,β-unsaturated/α-hetero) is 1. The van der Waals surface area contributed by atoms with Gasteiger partial charge in [-0.15, -0.1) is 0 Å². The van der Waals surface area contributed by atoms with Crippen LogP contribution in [-0.4, -0.2) is 5.78 Å². The number of ether oxygens (including phenoxy) is 1. The Morgan fingerprint density at radius 3 is 2.53 bits per heavy atom. The average molecular weight is 200 g/mol. The van der Waals surface area contributed by atoms with Crippen LogP contribution in [0.1, 0.15) is 25.0 Å². The second kappa shape index (κ2) is 2.39. The van der Waals surface area contributed by atoms with E-state index in [2.05, 4.69) is 0 Å². The van der Waals surface area contributed by atoms with Crippen LogP contribution in [-0.2, 0) is 20.7 Å². The summed E-state index contributed by atoms with van der Waals surface area (Å²) in [6, 6.07) is 7.94. The van der Waals surface area contributed by atoms with Gasteiger partial charge in [-0.05, 0) is 31.6 Å². The van der Waals surface area contributed by atoms with E-state index in [9.17, 15) is 4.79 Å². The lowest BCUT2D eigenvalue weighted by Crippen LogP contribution is -2.30. The quantitative estimate of drug-likeness (QED) is 0.650. The number of benzene rings is 1. The second-order valence-corrected chi connectivity index (χ2v) is 4.38. The molecule has 2 aliphatic rings. The van der Waals surface area contributed by atoms with Gasteiger partial charge in [0.15, 0.2) is 11.4 Å². The molecule has 2 aliphatic heterocycles. The smallest absolute Gasteiger partial charge is 0.171 e. The molecule has 2 nitrogen and oxygen atoms in total. The minimum Gasteiger partial charge on any atom is -0.343 e. The van der Waals surface area contributed by atoms with Gasteiger partial charge in [-0.25, -0.2) is 0 Å². The molecule has 0 fully saturated rings. The topological polar surface area (TPSA) is 26.3 Å². The first kappa shape index (κ1) is 8.86. The molecule has 2 heterocycles. The molecule has 2 heteroatoms. The molecule has 76 valence electrons. The Morgan fingerprint density at radius 1 is 1.20 bits per heavy atom. The molecule has 0 aromatic heterocycles. The standard InChI is InChI=1S/C13H12O2/c1-9(14)13-8-7-12(2,15-13)10-5-3-4-6-11(10)13/h3-8H,1-2H3/t12-,13-/m1/s1. The monoisotopic (exact) mass is 200 g/mol. The molecular formula is C13H12O2. The van der Waals surface area contributed by atoms with Crippen molar-refractivity contribution in [1.82, 2.24) is 0 Å². The van der Waals surface area contributed by atoms with Gasteiger partial charge in [0.05, 0.1) is 0 Å². The Bertz CT molecular complexity index is 489. The van der Waals surface area contributed by atoms with Gasteiger partial charge in [-0.2, -0.15) is 0 Å². The van der Waals surface area contributed by atoms with Crippen LogP contribution in [0.2, 0.25) is 0 Å². The van der Waals surface area contributed by atoms with Crippen molar-refractivity contribution in [2.75, 3.05) is 0 Å². The van der Waals surface area contributed by atoms with Gasteiger partial charge in [0.25, 0.3) is 0 Å². The van der Waals surface area contributed by atoms with E-state index in [0.29, 0.717) is 0 Å². The summed E-state index contributed by atoms with van der Waals surface area (Å²) in [5.74, 6) is 0.0485. The molecule has 3 rings (SSSR count). The van der Waals surface area contributed by atoms with E-state index < -0.39 is 11.2 Å². The van der Waals surface area contributed by atoms with Crippen LogP contribution in [0.25, 0.3) is 0 Å². The maximum atomic E-state index is 11.8. The van der Waals surface area contributed by atoms with E-state index >= 15 is 0 Å². The first-order chi connectivity index (χ1) is 7.08. The van der Waals surface area contributed by atoms with Gasteiger partial charge in [0.1, 0.15) is 5.60 Å². The molecule has 0 radical (unpaired) electrons. The molecular weight excluding hydrogens is 188 g/mol. The SMILES string of the molecule is CC(=O)[C@@]12C=C[C@@](C)(O1)c1ccccc12. The van der Waals surface area contributed by atoms with Crippen LogP contribution < -0.4 is 0 Å². The lowest BCUT2D eigenvalue weighted by molar-refractivity contribution is -0.142. The molecule has 2 bridgehead atoms. The predicted octanol–water partition coefficient (Wildman–Crippen LogP) is 2.29. The van der Waals surface area contributed by atoms with Crippen molar-refractivity contribution in [1.29, 1.82) is 0 Å². The zero-order valence-corrected chi connectivity index (χ0v) is 8.78. The molecule has 0 amide bonds. The predicted molar refractivity (Wildman–Crippen MR) is 56.4 cm³/mol. The summed E-state index contributed by atoms with van der Waals surface area (Å²) in [7, 11) is 0. The zero-order chi connectivity index (χ0) is 10.7. The summed E-state index contributed by atoms with van der Waals surface area (Å²) in [6.07, 6.45) is 3.87. The summed E-state index contributed by atoms with van der Waals surface area (Å²) in [5.41, 5.74) is 0.887. The molecule has 15 heavy (non-hydrogen) atoms. The fraction of sp³-hybridized carbons (Fsp3) is 0.308. The van der Waals surface area contributed by atoms with Crippen molar-refractivity contribution in [3.63, 3.8) is 0 Å². The second-order valence-electron chi connectivity index (χ2n) is 4.38. The van der Waals surface area contributed by atoms with E-state index in [4.69, 9.17) is 4.74 Å². The fourth-order valence-electron chi connectivity index (χ4n) is 2.59. The lowest BCUT2D eigenvalue weighted by Gasteiger charge is -2.20. The summed E-state index contributed by atoms with van der Waals surface area (Å²) < 4.78 is 5.92. The number of rotatable bonds is 1. The van der Waals surface area contributed by atoms with Crippen molar-refractivity contribution in [3.8, 4) is 0 Å². The highest BCUT2D eigenvalue weighted by Gasteiger charge is 2.55. The van der Waals surface area contributed by atoms with E-state index in [0.717, 1.165) is 11.1 Å². The zero-order valence-electron chi connectivity index (χ0n) is 8.78. The Hall–Kier alpha value is -1.41. The van der Waals surface area contributed by atoms with Crippen molar-refractivity contribution in [2.24, 2.45) is 0 Å². The largest absolute Gasteiger partial charge is 0.343 e. The van der Waals surface area contributed by atoms with Gasteiger partial charge in [-0.3, -0.25) is 4.79 Å². The Labute approximate surface area is 88.6 Å². The highest BCUT2D eigenvalue weighted by molar-refractivity contribution is 5.91. The van der Waals surface area contributed by atoms with E-state index in [1.165, 1.54) is 0 Å². The van der Waals surface area contributed by atoms with Crippen LogP contribution in [0, 0.1) is 0 Å². The summed E-state index contributed by atoms with van der Waals surface area (Å²) in [5, 5.41) is 0. The maximum absolute atomic E-state index is 11.8. The number of hydrogen-bond acceptors (Lipinski definition) is 2. The van der Waals surface area contributed by atoms with Gasteiger partial charge in [-0.1, -0.05) is 24.3 Å². The molecule has 0 aliphatic carbocycles. The molecule has 0 saturated carbocycles. The third-order valence-electron chi connectivity index (χ3n) is 3.39. The molecule has 0 saturated heterocycles. The minimum absolute atomic E-state index is 0.0485. The third-order valence-corrected chi connectivity index (χ3v) is 3.39. The van der Waals surface area contributed by atoms with Crippen molar-refractivity contribution in [2.45, 2.75) is 25.0 Å². The molecule has 2 atom stereocenters. The van der Waals surface area contributed by atoms with Crippen molar-refractivity contribution in [3.05, 3.63) is 47.5 Å². The van der Waals surface area contributed by atoms with Gasteiger partial charge >= 0.3 is 0 Å². The van der Waals surface area contributed by atoms with Crippen LogP contribution in [0.15, 0.2) is 36.4 Å². The summed E-state index contributed by atoms with van der Waals surface area (Å²) in [6.45, 7) is 3.58. The van der Waals surface area contributed by atoms with Gasteiger partial charge in [0, 0.05) is 5.56 Å². The van der Waals surface area contributed by atoms with E-state index in [-0.39, 0.29) is 5.78 Å². The molecule has 1 aromatic rings. The molecule has 0 spiro atoms. The number of hydrogen-bond donors (Lipinski definition) is 0. The number of carbonyl (C=O) groups excluding carboxylic acids is 1. The molecule has 0 unspecified atom stereocenters. The van der Waals surface area contributed by atoms with Gasteiger partial charge in [0.2, 0.25) is 0 Å². The van der Waals surface area contributed by atoms with Crippen molar-refractivity contribution >= 4 is 5.78 Å². The van der Waals surface area contributed by atoms with Crippen LogP contribution in [0.3, 0.4) is 0 Å². The van der Waals surface area contributed by atoms with E-state index in [1.54, 1.807) is 6.92 Å². The highest BCUT2D eigenvalue weighted by Crippen LogP contribution is 2.53. The van der Waals surface area contributed by atoms with Crippen molar-refractivity contribution < 1.29 is 9.53 Å². The number of carbonyl (C=O) groups is 1. The Kier molecular flexibility index (Phi) is 1.41. The molecule has 0 N–H and O–H groups in total. The third kappa shape index (κ3) is 0.857. The molecule has 1 aromatic carbocycles. The number of fused-ring (bicyclic) bond motifs is 5. The van der Waals surface area contributed by atoms with E-state index in [1.807, 2.05) is 43.3 Å². The first-order valence-electron chi connectivity index (χ1n) is 5.10. The normalized spacial score (nSPS) is 35.6. The maximum Gasteiger partial charge on any atom is 0.171 e. The average Bonchev–Trinajstić information content (AvgIpc) is 2.70. The first-order valence-corrected chi connectivity index (χ1v) is 5.10. The highest BCUT2D eigenvalue weighted by atomic mass is 16.5. The van der Waals surface area contributed by atoms with Crippen LogP contribution >= 0.6 is 0 Å². The summed E-state index contributed by atoms with van der Waals surface area (Å²) in [4.78, 5) is 11.8.